The molecule has 3 aromatic carbocycles. The highest BCUT2D eigenvalue weighted by Crippen LogP contribution is 2.30. The van der Waals surface area contributed by atoms with Crippen LogP contribution in [0.25, 0.3) is 0 Å². The number of hydrogen-bond acceptors (Lipinski definition) is 4. The Morgan fingerprint density at radius 3 is 2.51 bits per heavy atom. The number of anilines is 2. The van der Waals surface area contributed by atoms with E-state index >= 15 is 0 Å². The van der Waals surface area contributed by atoms with E-state index in [1.165, 1.54) is 13.0 Å². The third-order valence-corrected chi connectivity index (χ3v) is 7.70. The van der Waals surface area contributed by atoms with Crippen LogP contribution in [-0.2, 0) is 32.5 Å². The van der Waals surface area contributed by atoms with Crippen LogP contribution >= 0.6 is 11.6 Å². The number of carbonyl (C=O) groups excluding carboxylic acids is 2. The van der Waals surface area contributed by atoms with Gasteiger partial charge in [-0.15, -0.1) is 0 Å². The molecule has 0 aliphatic carbocycles. The van der Waals surface area contributed by atoms with E-state index in [1.807, 2.05) is 37.3 Å². The Hall–Kier alpha value is -3.20. The first-order valence-electron chi connectivity index (χ1n) is 11.2. The van der Waals surface area contributed by atoms with Gasteiger partial charge in [-0.25, -0.2) is 8.42 Å². The summed E-state index contributed by atoms with van der Waals surface area (Å²) in [5.41, 5.74) is 3.62. The molecule has 0 unspecified atom stereocenters. The Morgan fingerprint density at radius 1 is 1.06 bits per heavy atom. The lowest BCUT2D eigenvalue weighted by Crippen LogP contribution is -2.45. The maximum Gasteiger partial charge on any atom is 0.242 e. The normalized spacial score (nSPS) is 13.9. The smallest absolute Gasteiger partial charge is 0.242 e. The van der Waals surface area contributed by atoms with Crippen LogP contribution in [0.5, 0.6) is 0 Å². The Kier molecular flexibility index (Phi) is 7.25. The van der Waals surface area contributed by atoms with Crippen LogP contribution in [0.4, 0.5) is 11.4 Å². The lowest BCUT2D eigenvalue weighted by molar-refractivity contribution is -0.118. The van der Waals surface area contributed by atoms with E-state index in [9.17, 15) is 18.0 Å². The minimum atomic E-state index is -4.03. The van der Waals surface area contributed by atoms with Gasteiger partial charge in [0.05, 0.1) is 4.90 Å². The van der Waals surface area contributed by atoms with Crippen molar-refractivity contribution < 1.29 is 18.0 Å². The van der Waals surface area contributed by atoms with Crippen molar-refractivity contribution in [1.82, 2.24) is 4.72 Å². The summed E-state index contributed by atoms with van der Waals surface area (Å²) >= 11 is 6.08. The van der Waals surface area contributed by atoms with Crippen molar-refractivity contribution in [3.63, 3.8) is 0 Å². The molecule has 2 N–H and O–H groups in total. The number of carbonyl (C=O) groups is 2. The number of nitrogens with one attached hydrogen (secondary N) is 2. The fourth-order valence-corrected chi connectivity index (χ4v) is 5.53. The lowest BCUT2D eigenvalue weighted by atomic mass is 10.1. The SMILES string of the molecule is CC(=O)N1CCc2cc(S(=O)(=O)N[C@H](Cc3ccccc3)C(=O)Nc3cc(Cl)ccc3C)ccc21. The van der Waals surface area contributed by atoms with Crippen LogP contribution in [0, 0.1) is 6.92 Å². The highest BCUT2D eigenvalue weighted by atomic mass is 35.5. The average molecular weight is 512 g/mol. The number of rotatable bonds is 7. The van der Waals surface area contributed by atoms with Gasteiger partial charge in [-0.2, -0.15) is 4.72 Å². The fraction of sp³-hybridized carbons (Fsp3) is 0.231. The molecule has 7 nitrogen and oxygen atoms in total. The van der Waals surface area contributed by atoms with Crippen LogP contribution in [0.3, 0.4) is 0 Å². The highest BCUT2D eigenvalue weighted by molar-refractivity contribution is 7.89. The molecular formula is C26H26ClN3O4S. The number of halogens is 1. The van der Waals surface area contributed by atoms with Gasteiger partial charge in [0.25, 0.3) is 0 Å². The van der Waals surface area contributed by atoms with Gasteiger partial charge >= 0.3 is 0 Å². The van der Waals surface area contributed by atoms with Crippen LogP contribution in [-0.4, -0.2) is 32.8 Å². The molecule has 2 amide bonds. The van der Waals surface area contributed by atoms with Gasteiger partial charge in [0.2, 0.25) is 21.8 Å². The van der Waals surface area contributed by atoms with Gasteiger partial charge in [-0.3, -0.25) is 9.59 Å². The number of nitrogens with zero attached hydrogens (tertiary/aromatic N) is 1. The monoisotopic (exact) mass is 511 g/mol. The highest BCUT2D eigenvalue weighted by Gasteiger charge is 2.29. The van der Waals surface area contributed by atoms with Crippen LogP contribution in [0.15, 0.2) is 71.6 Å². The van der Waals surface area contributed by atoms with Gasteiger partial charge in [-0.05, 0) is 66.8 Å². The van der Waals surface area contributed by atoms with Crippen LogP contribution < -0.4 is 14.9 Å². The third kappa shape index (κ3) is 5.73. The predicted octanol–water partition coefficient (Wildman–Crippen LogP) is 4.09. The summed E-state index contributed by atoms with van der Waals surface area (Å²) in [6.07, 6.45) is 0.731. The summed E-state index contributed by atoms with van der Waals surface area (Å²) in [5.74, 6) is -0.583. The predicted molar refractivity (Wildman–Crippen MR) is 137 cm³/mol. The summed E-state index contributed by atoms with van der Waals surface area (Å²) in [7, 11) is -4.03. The molecule has 0 spiro atoms. The number of sulfonamides is 1. The van der Waals surface area contributed by atoms with Crippen molar-refractivity contribution in [1.29, 1.82) is 0 Å². The number of aryl methyl sites for hydroxylation is 1. The number of amides is 2. The van der Waals surface area contributed by atoms with Gasteiger partial charge in [0.1, 0.15) is 6.04 Å². The van der Waals surface area contributed by atoms with Gasteiger partial charge in [0, 0.05) is 29.9 Å². The fourth-order valence-electron chi connectivity index (χ4n) is 4.11. The second kappa shape index (κ2) is 10.2. The minimum absolute atomic E-state index is 0.0476. The maximum absolute atomic E-state index is 13.3. The van der Waals surface area contributed by atoms with E-state index in [2.05, 4.69) is 10.0 Å². The van der Waals surface area contributed by atoms with Crippen molar-refractivity contribution in [3.8, 4) is 0 Å². The molecule has 182 valence electrons. The quantitative estimate of drug-likeness (QED) is 0.499. The zero-order valence-electron chi connectivity index (χ0n) is 19.4. The molecule has 0 saturated carbocycles. The summed E-state index contributed by atoms with van der Waals surface area (Å²) < 4.78 is 29.3. The molecule has 0 aromatic heterocycles. The van der Waals surface area contributed by atoms with E-state index in [0.29, 0.717) is 29.4 Å². The molecule has 1 heterocycles. The van der Waals surface area contributed by atoms with Crippen molar-refractivity contribution in [2.75, 3.05) is 16.8 Å². The Balaban J connectivity index is 1.61. The second-order valence-corrected chi connectivity index (χ2v) is 10.7. The van der Waals surface area contributed by atoms with Crippen molar-refractivity contribution in [2.45, 2.75) is 37.6 Å². The first kappa shape index (κ1) is 24.9. The minimum Gasteiger partial charge on any atom is -0.324 e. The number of fused-ring (bicyclic) bond motifs is 1. The standard InChI is InChI=1S/C26H26ClN3O4S/c1-17-8-9-21(27)16-23(17)28-26(32)24(14-19-6-4-3-5-7-19)29-35(33,34)22-10-11-25-20(15-22)12-13-30(25)18(2)31/h3-11,15-16,24,29H,12-14H2,1-2H3,(H,28,32)/t24-/m1/s1. The molecular weight excluding hydrogens is 486 g/mol. The molecule has 4 rings (SSSR count). The molecule has 1 aliphatic rings. The molecule has 1 atom stereocenters. The van der Waals surface area contributed by atoms with Crippen LogP contribution in [0.2, 0.25) is 5.02 Å². The number of benzene rings is 3. The molecule has 0 radical (unpaired) electrons. The summed E-state index contributed by atoms with van der Waals surface area (Å²) in [6.45, 7) is 3.83. The maximum atomic E-state index is 13.3. The van der Waals surface area contributed by atoms with Gasteiger partial charge in [0.15, 0.2) is 0 Å². The largest absolute Gasteiger partial charge is 0.324 e. The van der Waals surface area contributed by atoms with E-state index in [-0.39, 0.29) is 17.2 Å². The Morgan fingerprint density at radius 2 is 1.80 bits per heavy atom. The summed E-state index contributed by atoms with van der Waals surface area (Å²) in [4.78, 5) is 26.8. The molecule has 3 aromatic rings. The Bertz CT molecular complexity index is 1380. The average Bonchev–Trinajstić information content (AvgIpc) is 3.25. The van der Waals surface area contributed by atoms with Crippen molar-refractivity contribution >= 4 is 44.8 Å². The first-order chi connectivity index (χ1) is 16.6. The zero-order chi connectivity index (χ0) is 25.2. The lowest BCUT2D eigenvalue weighted by Gasteiger charge is -2.20. The van der Waals surface area contributed by atoms with E-state index in [4.69, 9.17) is 11.6 Å². The first-order valence-corrected chi connectivity index (χ1v) is 13.0. The molecule has 0 bridgehead atoms. The molecule has 0 saturated heterocycles. The number of hydrogen-bond donors (Lipinski definition) is 2. The van der Waals surface area contributed by atoms with E-state index in [1.54, 1.807) is 35.2 Å². The second-order valence-electron chi connectivity index (χ2n) is 8.52. The summed E-state index contributed by atoms with van der Waals surface area (Å²) in [6, 6.07) is 17.9. The topological polar surface area (TPSA) is 95.6 Å². The van der Waals surface area contributed by atoms with E-state index < -0.39 is 22.0 Å². The van der Waals surface area contributed by atoms with Gasteiger partial charge < -0.3 is 10.2 Å². The molecule has 35 heavy (non-hydrogen) atoms. The molecule has 0 fully saturated rings. The van der Waals surface area contributed by atoms with Crippen molar-refractivity contribution in [2.24, 2.45) is 0 Å². The molecule has 1 aliphatic heterocycles. The van der Waals surface area contributed by atoms with Gasteiger partial charge in [-0.1, -0.05) is 48.0 Å². The van der Waals surface area contributed by atoms with Crippen molar-refractivity contribution in [3.05, 3.63) is 88.4 Å². The van der Waals surface area contributed by atoms with E-state index in [0.717, 1.165) is 16.7 Å². The molecule has 9 heteroatoms. The summed E-state index contributed by atoms with van der Waals surface area (Å²) in [5, 5.41) is 3.27. The zero-order valence-corrected chi connectivity index (χ0v) is 21.0. The van der Waals surface area contributed by atoms with Crippen LogP contribution in [0.1, 0.15) is 23.6 Å². The Labute approximate surface area is 210 Å². The third-order valence-electron chi connectivity index (χ3n) is 5.99.